The Morgan fingerprint density at radius 1 is 1.32 bits per heavy atom. The Morgan fingerprint density at radius 3 is 2.68 bits per heavy atom. The van der Waals surface area contributed by atoms with Crippen molar-refractivity contribution in [2.75, 3.05) is 23.9 Å². The number of halogens is 1. The summed E-state index contributed by atoms with van der Waals surface area (Å²) >= 11 is 6.10. The second-order valence-electron chi connectivity index (χ2n) is 6.18. The molecule has 0 unspecified atom stereocenters. The molecule has 2 amide bonds. The van der Waals surface area contributed by atoms with Crippen molar-refractivity contribution in [2.45, 2.75) is 13.8 Å². The fraction of sp³-hybridized carbons (Fsp3) is 0.190. The predicted molar refractivity (Wildman–Crippen MR) is 108 cm³/mol. The Balaban J connectivity index is 2.08. The molecule has 0 bridgehead atoms. The van der Waals surface area contributed by atoms with E-state index in [4.69, 9.17) is 16.3 Å². The average Bonchev–Trinajstić information content (AvgIpc) is 2.96. The van der Waals surface area contributed by atoms with Gasteiger partial charge < -0.3 is 15.0 Å². The molecule has 1 aliphatic rings. The summed E-state index contributed by atoms with van der Waals surface area (Å²) in [5.41, 5.74) is 2.22. The topological polar surface area (TPSA) is 82.4 Å². The molecule has 0 saturated heterocycles. The number of ether oxygens (including phenoxy) is 1. The number of hydrogen-bond donors (Lipinski definition) is 1. The molecule has 28 heavy (non-hydrogen) atoms. The Morgan fingerprint density at radius 2 is 2.04 bits per heavy atom. The highest BCUT2D eigenvalue weighted by atomic mass is 35.5. The average molecular weight is 396 g/mol. The van der Waals surface area contributed by atoms with Crippen LogP contribution in [0.2, 0.25) is 5.02 Å². The van der Waals surface area contributed by atoms with E-state index in [0.717, 1.165) is 5.56 Å². The second kappa shape index (κ2) is 7.75. The van der Waals surface area contributed by atoms with Crippen LogP contribution in [0, 0.1) is 18.3 Å². The maximum Gasteiger partial charge on any atom is 0.267 e. The van der Waals surface area contributed by atoms with Crippen molar-refractivity contribution in [3.63, 3.8) is 0 Å². The van der Waals surface area contributed by atoms with Crippen molar-refractivity contribution in [3.05, 3.63) is 58.1 Å². The third-order valence-corrected chi connectivity index (χ3v) is 4.96. The lowest BCUT2D eigenvalue weighted by atomic mass is 10.0. The quantitative estimate of drug-likeness (QED) is 0.627. The first-order valence-electron chi connectivity index (χ1n) is 8.64. The molecule has 2 aromatic carbocycles. The van der Waals surface area contributed by atoms with Gasteiger partial charge in [-0.2, -0.15) is 5.26 Å². The van der Waals surface area contributed by atoms with Crippen LogP contribution in [0.4, 0.5) is 11.4 Å². The van der Waals surface area contributed by atoms with E-state index >= 15 is 0 Å². The van der Waals surface area contributed by atoms with Crippen LogP contribution in [0.25, 0.3) is 5.57 Å². The van der Waals surface area contributed by atoms with Gasteiger partial charge in [0, 0.05) is 23.2 Å². The molecular formula is C21H18ClN3O3. The number of carbonyl (C=O) groups is 2. The van der Waals surface area contributed by atoms with Crippen LogP contribution < -0.4 is 15.0 Å². The maximum atomic E-state index is 12.9. The summed E-state index contributed by atoms with van der Waals surface area (Å²) in [6.07, 6.45) is 0. The van der Waals surface area contributed by atoms with Crippen LogP contribution in [0.1, 0.15) is 18.1 Å². The van der Waals surface area contributed by atoms with E-state index in [0.29, 0.717) is 34.3 Å². The lowest BCUT2D eigenvalue weighted by Gasteiger charge is -2.14. The highest BCUT2D eigenvalue weighted by Crippen LogP contribution is 2.38. The van der Waals surface area contributed by atoms with E-state index in [2.05, 4.69) is 5.32 Å². The predicted octanol–water partition coefficient (Wildman–Crippen LogP) is 3.94. The first-order valence-corrected chi connectivity index (χ1v) is 9.01. The molecule has 0 fully saturated rings. The van der Waals surface area contributed by atoms with E-state index in [-0.39, 0.29) is 17.1 Å². The molecule has 1 N–H and O–H groups in total. The smallest absolute Gasteiger partial charge is 0.267 e. The number of methoxy groups -OCH3 is 1. The number of benzene rings is 2. The zero-order valence-electron chi connectivity index (χ0n) is 15.7. The highest BCUT2D eigenvalue weighted by molar-refractivity contribution is 6.38. The van der Waals surface area contributed by atoms with Gasteiger partial charge in [0.2, 0.25) is 0 Å². The summed E-state index contributed by atoms with van der Waals surface area (Å²) in [6.45, 7) is 4.06. The van der Waals surface area contributed by atoms with Crippen molar-refractivity contribution in [3.8, 4) is 11.8 Å². The Hall–Kier alpha value is -3.30. The third kappa shape index (κ3) is 3.21. The van der Waals surface area contributed by atoms with Gasteiger partial charge in [0.15, 0.2) is 0 Å². The molecule has 0 aromatic heterocycles. The zero-order chi connectivity index (χ0) is 20.4. The van der Waals surface area contributed by atoms with E-state index < -0.39 is 5.91 Å². The molecule has 7 heteroatoms. The zero-order valence-corrected chi connectivity index (χ0v) is 16.4. The van der Waals surface area contributed by atoms with Crippen LogP contribution in [0.5, 0.6) is 5.75 Å². The molecule has 2 aromatic rings. The lowest BCUT2D eigenvalue weighted by molar-refractivity contribution is -0.114. The Labute approximate surface area is 168 Å². The number of aryl methyl sites for hydroxylation is 1. The van der Waals surface area contributed by atoms with Gasteiger partial charge in [-0.05, 0) is 31.5 Å². The van der Waals surface area contributed by atoms with Crippen LogP contribution in [-0.4, -0.2) is 25.5 Å². The van der Waals surface area contributed by atoms with Gasteiger partial charge >= 0.3 is 0 Å². The second-order valence-corrected chi connectivity index (χ2v) is 6.59. The van der Waals surface area contributed by atoms with Gasteiger partial charge in [-0.15, -0.1) is 0 Å². The molecule has 0 aliphatic carbocycles. The van der Waals surface area contributed by atoms with Gasteiger partial charge in [0.1, 0.15) is 17.4 Å². The number of anilines is 2. The summed E-state index contributed by atoms with van der Waals surface area (Å²) in [4.78, 5) is 27.3. The maximum absolute atomic E-state index is 12.9. The Bertz CT molecular complexity index is 1050. The fourth-order valence-corrected chi connectivity index (χ4v) is 3.32. The monoisotopic (exact) mass is 395 g/mol. The van der Waals surface area contributed by atoms with E-state index in [1.54, 1.807) is 42.2 Å². The number of nitrogens with one attached hydrogen (secondary N) is 1. The molecule has 0 saturated carbocycles. The van der Waals surface area contributed by atoms with Gasteiger partial charge in [-0.1, -0.05) is 29.8 Å². The molecule has 0 atom stereocenters. The highest BCUT2D eigenvalue weighted by Gasteiger charge is 2.35. The number of amides is 2. The van der Waals surface area contributed by atoms with Gasteiger partial charge in [-0.3, -0.25) is 9.59 Å². The van der Waals surface area contributed by atoms with E-state index in [9.17, 15) is 14.9 Å². The summed E-state index contributed by atoms with van der Waals surface area (Å²) in [5.74, 6) is -0.687. The van der Waals surface area contributed by atoms with Crippen molar-refractivity contribution in [2.24, 2.45) is 0 Å². The number of para-hydroxylation sites is 1. The lowest BCUT2D eigenvalue weighted by Crippen LogP contribution is -2.27. The number of rotatable bonds is 4. The first-order chi connectivity index (χ1) is 13.4. The minimum Gasteiger partial charge on any atom is -0.495 e. The number of hydrogen-bond acceptors (Lipinski definition) is 4. The number of likely N-dealkylation sites (N-methyl/N-ethyl adjacent to an activating group) is 1. The van der Waals surface area contributed by atoms with Gasteiger partial charge in [0.25, 0.3) is 11.8 Å². The number of carbonyl (C=O) groups excluding carboxylic acids is 2. The number of fused-ring (bicyclic) bond motifs is 1. The SMILES string of the molecule is CCN1C(=O)/C(=C(/C#N)C(=O)Nc2cc(C)c(Cl)cc2OC)c2ccccc21. The normalized spacial score (nSPS) is 14.4. The molecular weight excluding hydrogens is 378 g/mol. The molecule has 1 aliphatic heterocycles. The molecule has 6 nitrogen and oxygen atoms in total. The first kappa shape index (κ1) is 19.5. The van der Waals surface area contributed by atoms with Gasteiger partial charge in [-0.25, -0.2) is 0 Å². The summed E-state index contributed by atoms with van der Waals surface area (Å²) < 4.78 is 5.26. The minimum absolute atomic E-state index is 0.0992. The van der Waals surface area contributed by atoms with E-state index in [1.807, 2.05) is 19.1 Å². The van der Waals surface area contributed by atoms with Crippen molar-refractivity contribution >= 4 is 40.4 Å². The summed E-state index contributed by atoms with van der Waals surface area (Å²) in [6, 6.07) is 12.2. The summed E-state index contributed by atoms with van der Waals surface area (Å²) in [7, 11) is 1.45. The third-order valence-electron chi connectivity index (χ3n) is 4.56. The molecule has 3 rings (SSSR count). The fourth-order valence-electron chi connectivity index (χ4n) is 3.17. The molecule has 0 spiro atoms. The van der Waals surface area contributed by atoms with Crippen molar-refractivity contribution in [1.29, 1.82) is 5.26 Å². The number of nitriles is 1. The minimum atomic E-state index is -0.682. The van der Waals surface area contributed by atoms with Crippen LogP contribution in [0.3, 0.4) is 0 Å². The van der Waals surface area contributed by atoms with Crippen molar-refractivity contribution in [1.82, 2.24) is 0 Å². The largest absolute Gasteiger partial charge is 0.495 e. The summed E-state index contributed by atoms with van der Waals surface area (Å²) in [5, 5.41) is 12.8. The molecule has 0 radical (unpaired) electrons. The van der Waals surface area contributed by atoms with Crippen LogP contribution in [0.15, 0.2) is 42.0 Å². The van der Waals surface area contributed by atoms with Crippen LogP contribution >= 0.6 is 11.6 Å². The molecule has 142 valence electrons. The Kier molecular flexibility index (Phi) is 5.39. The molecule has 1 heterocycles. The van der Waals surface area contributed by atoms with E-state index in [1.165, 1.54) is 7.11 Å². The standard InChI is InChI=1S/C21H18ClN3O3/c1-4-25-17-8-6-5-7-13(17)19(21(25)27)14(11-23)20(26)24-16-9-12(2)15(22)10-18(16)28-3/h5-10H,4H2,1-3H3,(H,24,26)/b19-14-. The van der Waals surface area contributed by atoms with Crippen LogP contribution in [-0.2, 0) is 9.59 Å². The van der Waals surface area contributed by atoms with Crippen molar-refractivity contribution < 1.29 is 14.3 Å². The van der Waals surface area contributed by atoms with Gasteiger partial charge in [0.05, 0.1) is 24.1 Å². The number of nitrogens with zero attached hydrogens (tertiary/aromatic N) is 2.